The van der Waals surface area contributed by atoms with Crippen molar-refractivity contribution in [2.45, 2.75) is 26.3 Å². The number of nitrogens with one attached hydrogen (secondary N) is 1. The number of piperazine rings is 1. The second-order valence-electron chi connectivity index (χ2n) is 5.34. The van der Waals surface area contributed by atoms with Crippen molar-refractivity contribution in [1.29, 1.82) is 0 Å². The molecule has 1 aliphatic rings. The molecule has 0 unspecified atom stereocenters. The Hall–Kier alpha value is -1.35. The summed E-state index contributed by atoms with van der Waals surface area (Å²) < 4.78 is 0. The molecule has 0 radical (unpaired) electrons. The molecule has 0 saturated carbocycles. The van der Waals surface area contributed by atoms with Crippen LogP contribution in [0, 0.1) is 0 Å². The fourth-order valence-corrected chi connectivity index (χ4v) is 2.27. The van der Waals surface area contributed by atoms with Gasteiger partial charge in [0, 0.05) is 36.4 Å². The Morgan fingerprint density at radius 1 is 1.29 bits per heavy atom. The molecule has 17 heavy (non-hydrogen) atoms. The molecule has 1 N–H and O–H groups in total. The second-order valence-corrected chi connectivity index (χ2v) is 5.34. The summed E-state index contributed by atoms with van der Waals surface area (Å²) in [4.78, 5) is 13.6. The molecular formula is C14H20N2O. The number of benzene rings is 1. The highest BCUT2D eigenvalue weighted by Gasteiger charge is 2.25. The maximum atomic E-state index is 11.2. The Labute approximate surface area is 103 Å². The summed E-state index contributed by atoms with van der Waals surface area (Å²) in [6.07, 6.45) is 0. The molecule has 92 valence electrons. The molecule has 0 aliphatic carbocycles. The van der Waals surface area contributed by atoms with E-state index < -0.39 is 0 Å². The molecule has 3 heteroatoms. The van der Waals surface area contributed by atoms with Crippen molar-refractivity contribution in [3.63, 3.8) is 0 Å². The first-order valence-electron chi connectivity index (χ1n) is 6.09. The number of nitrogens with zero attached hydrogens (tertiary/aromatic N) is 1. The van der Waals surface area contributed by atoms with Crippen LogP contribution in [0.4, 0.5) is 5.69 Å². The van der Waals surface area contributed by atoms with Gasteiger partial charge in [-0.05, 0) is 45.0 Å². The molecule has 0 spiro atoms. The third-order valence-corrected chi connectivity index (χ3v) is 3.21. The van der Waals surface area contributed by atoms with Crippen LogP contribution in [-0.2, 0) is 0 Å². The van der Waals surface area contributed by atoms with Crippen molar-refractivity contribution in [3.8, 4) is 0 Å². The molecule has 1 aliphatic heterocycles. The van der Waals surface area contributed by atoms with Crippen LogP contribution in [0.2, 0.25) is 0 Å². The van der Waals surface area contributed by atoms with Crippen LogP contribution in [-0.4, -0.2) is 31.0 Å². The molecule has 1 heterocycles. The molecule has 0 aromatic heterocycles. The Bertz CT molecular complexity index is 409. The van der Waals surface area contributed by atoms with Gasteiger partial charge in [0.25, 0.3) is 0 Å². The predicted molar refractivity (Wildman–Crippen MR) is 70.7 cm³/mol. The van der Waals surface area contributed by atoms with E-state index >= 15 is 0 Å². The molecule has 0 bridgehead atoms. The quantitative estimate of drug-likeness (QED) is 0.792. The Morgan fingerprint density at radius 3 is 2.47 bits per heavy atom. The van der Waals surface area contributed by atoms with Crippen LogP contribution < -0.4 is 10.2 Å². The van der Waals surface area contributed by atoms with E-state index in [4.69, 9.17) is 0 Å². The van der Waals surface area contributed by atoms with Crippen LogP contribution in [0.25, 0.3) is 0 Å². The topological polar surface area (TPSA) is 32.3 Å². The first-order valence-corrected chi connectivity index (χ1v) is 6.09. The lowest BCUT2D eigenvalue weighted by atomic mass is 10.0. The van der Waals surface area contributed by atoms with Crippen LogP contribution in [0.5, 0.6) is 0 Å². The van der Waals surface area contributed by atoms with Gasteiger partial charge in [0.05, 0.1) is 0 Å². The van der Waals surface area contributed by atoms with E-state index in [9.17, 15) is 4.79 Å². The van der Waals surface area contributed by atoms with E-state index in [1.807, 2.05) is 24.3 Å². The SMILES string of the molecule is CC(=O)c1ccc(N2CCNC(C)(C)C2)cc1. The summed E-state index contributed by atoms with van der Waals surface area (Å²) in [6.45, 7) is 9.03. The maximum Gasteiger partial charge on any atom is 0.159 e. The number of carbonyl (C=O) groups is 1. The zero-order chi connectivity index (χ0) is 12.5. The normalized spacial score (nSPS) is 19.1. The molecular weight excluding hydrogens is 212 g/mol. The number of ketones is 1. The van der Waals surface area contributed by atoms with Crippen LogP contribution in [0.1, 0.15) is 31.1 Å². The molecule has 2 rings (SSSR count). The van der Waals surface area contributed by atoms with Gasteiger partial charge < -0.3 is 10.2 Å². The van der Waals surface area contributed by atoms with E-state index in [2.05, 4.69) is 24.1 Å². The van der Waals surface area contributed by atoms with E-state index in [0.29, 0.717) is 0 Å². The molecule has 1 fully saturated rings. The minimum absolute atomic E-state index is 0.122. The standard InChI is InChI=1S/C14H20N2O/c1-11(17)12-4-6-13(7-5-12)16-9-8-15-14(2,3)10-16/h4-7,15H,8-10H2,1-3H3. The van der Waals surface area contributed by atoms with Crippen LogP contribution in [0.3, 0.4) is 0 Å². The summed E-state index contributed by atoms with van der Waals surface area (Å²) in [7, 11) is 0. The minimum atomic E-state index is 0.122. The summed E-state index contributed by atoms with van der Waals surface area (Å²) in [5.74, 6) is 0.122. The third-order valence-electron chi connectivity index (χ3n) is 3.21. The van der Waals surface area contributed by atoms with Gasteiger partial charge in [-0.2, -0.15) is 0 Å². The number of Topliss-reactive ketones (excluding diaryl/α,β-unsaturated/α-hetero) is 1. The number of hydrogen-bond acceptors (Lipinski definition) is 3. The van der Waals surface area contributed by atoms with E-state index in [1.165, 1.54) is 5.69 Å². The highest BCUT2D eigenvalue weighted by molar-refractivity contribution is 5.94. The van der Waals surface area contributed by atoms with Gasteiger partial charge >= 0.3 is 0 Å². The second kappa shape index (κ2) is 4.49. The summed E-state index contributed by atoms with van der Waals surface area (Å²) in [6, 6.07) is 7.90. The number of rotatable bonds is 2. The lowest BCUT2D eigenvalue weighted by Crippen LogP contribution is -2.57. The fraction of sp³-hybridized carbons (Fsp3) is 0.500. The van der Waals surface area contributed by atoms with Crippen molar-refractivity contribution in [2.24, 2.45) is 0 Å². The molecule has 3 nitrogen and oxygen atoms in total. The highest BCUT2D eigenvalue weighted by Crippen LogP contribution is 2.20. The van der Waals surface area contributed by atoms with E-state index in [1.54, 1.807) is 6.92 Å². The van der Waals surface area contributed by atoms with Gasteiger partial charge in [-0.3, -0.25) is 4.79 Å². The minimum Gasteiger partial charge on any atom is -0.368 e. The Balaban J connectivity index is 2.14. The third kappa shape index (κ3) is 2.86. The predicted octanol–water partition coefficient (Wildman–Crippen LogP) is 2.08. The van der Waals surface area contributed by atoms with Gasteiger partial charge in [0.15, 0.2) is 5.78 Å². The van der Waals surface area contributed by atoms with E-state index in [0.717, 1.165) is 25.2 Å². The Morgan fingerprint density at radius 2 is 1.94 bits per heavy atom. The molecule has 1 aromatic carbocycles. The van der Waals surface area contributed by atoms with Gasteiger partial charge in [-0.1, -0.05) is 0 Å². The summed E-state index contributed by atoms with van der Waals surface area (Å²) >= 11 is 0. The van der Waals surface area contributed by atoms with Gasteiger partial charge in [-0.25, -0.2) is 0 Å². The average molecular weight is 232 g/mol. The lowest BCUT2D eigenvalue weighted by Gasteiger charge is -2.40. The zero-order valence-electron chi connectivity index (χ0n) is 10.8. The average Bonchev–Trinajstić information content (AvgIpc) is 2.28. The molecule has 1 saturated heterocycles. The lowest BCUT2D eigenvalue weighted by molar-refractivity contribution is 0.101. The van der Waals surface area contributed by atoms with Gasteiger partial charge in [0.2, 0.25) is 0 Å². The highest BCUT2D eigenvalue weighted by atomic mass is 16.1. The largest absolute Gasteiger partial charge is 0.368 e. The first-order chi connectivity index (χ1) is 7.98. The van der Waals surface area contributed by atoms with Crippen LogP contribution in [0.15, 0.2) is 24.3 Å². The smallest absolute Gasteiger partial charge is 0.159 e. The molecule has 1 aromatic rings. The summed E-state index contributed by atoms with van der Waals surface area (Å²) in [5.41, 5.74) is 2.13. The van der Waals surface area contributed by atoms with Gasteiger partial charge in [0.1, 0.15) is 0 Å². The zero-order valence-corrected chi connectivity index (χ0v) is 10.8. The number of hydrogen-bond donors (Lipinski definition) is 1. The maximum absolute atomic E-state index is 11.2. The molecule has 0 atom stereocenters. The summed E-state index contributed by atoms with van der Waals surface area (Å²) in [5, 5.41) is 3.49. The van der Waals surface area contributed by atoms with Crippen molar-refractivity contribution in [2.75, 3.05) is 24.5 Å². The van der Waals surface area contributed by atoms with Gasteiger partial charge in [-0.15, -0.1) is 0 Å². The molecule has 0 amide bonds. The van der Waals surface area contributed by atoms with Crippen molar-refractivity contribution in [3.05, 3.63) is 29.8 Å². The van der Waals surface area contributed by atoms with E-state index in [-0.39, 0.29) is 11.3 Å². The number of carbonyl (C=O) groups excluding carboxylic acids is 1. The van der Waals surface area contributed by atoms with Crippen molar-refractivity contribution in [1.82, 2.24) is 5.32 Å². The number of anilines is 1. The Kier molecular flexibility index (Phi) is 3.20. The first kappa shape index (κ1) is 12.1. The van der Waals surface area contributed by atoms with Crippen molar-refractivity contribution >= 4 is 11.5 Å². The van der Waals surface area contributed by atoms with Crippen molar-refractivity contribution < 1.29 is 4.79 Å². The monoisotopic (exact) mass is 232 g/mol. The fourth-order valence-electron chi connectivity index (χ4n) is 2.27. The van der Waals surface area contributed by atoms with Crippen LogP contribution >= 0.6 is 0 Å².